The molecule has 0 saturated carbocycles. The van der Waals surface area contributed by atoms with Crippen LogP contribution in [0.4, 0.5) is 0 Å². The van der Waals surface area contributed by atoms with Gasteiger partial charge in [-0.25, -0.2) is 4.98 Å². The van der Waals surface area contributed by atoms with Crippen molar-refractivity contribution in [2.75, 3.05) is 0 Å². The van der Waals surface area contributed by atoms with Crippen LogP contribution in [0.3, 0.4) is 0 Å². The lowest BCUT2D eigenvalue weighted by Gasteiger charge is -2.29. The molecule has 0 radical (unpaired) electrons. The van der Waals surface area contributed by atoms with E-state index in [0.717, 1.165) is 67.2 Å². The number of carbonyl (C=O) groups excluding carboxylic acids is 3. The normalized spacial score (nSPS) is 16.1. The Balaban J connectivity index is 0.975. The first-order valence-corrected chi connectivity index (χ1v) is 18.1. The largest absolute Gasteiger partial charge is 0.324 e. The number of benzene rings is 2. The van der Waals surface area contributed by atoms with Crippen molar-refractivity contribution in [2.24, 2.45) is 4.99 Å². The van der Waals surface area contributed by atoms with Crippen molar-refractivity contribution in [3.8, 4) is 28.7 Å². The van der Waals surface area contributed by atoms with Gasteiger partial charge in [-0.3, -0.25) is 29.3 Å². The zero-order chi connectivity index (χ0) is 35.9. The van der Waals surface area contributed by atoms with E-state index < -0.39 is 11.9 Å². The number of imidazole rings is 1. The molecule has 2 aromatic carbocycles. The van der Waals surface area contributed by atoms with Gasteiger partial charge < -0.3 is 9.47 Å². The number of fused-ring (bicyclic) bond motifs is 4. The Labute approximate surface area is 308 Å². The molecular formula is C39H31ClN8O3S. The molecule has 1 N–H and O–H groups in total. The number of nitrogens with one attached hydrogen (secondary N) is 1. The lowest BCUT2D eigenvalue weighted by Crippen LogP contribution is -2.52. The maximum atomic E-state index is 13.2. The van der Waals surface area contributed by atoms with E-state index in [0.29, 0.717) is 43.1 Å². The quantitative estimate of drug-likeness (QED) is 0.152. The van der Waals surface area contributed by atoms with E-state index in [1.54, 1.807) is 34.8 Å². The molecule has 3 amide bonds. The highest BCUT2D eigenvalue weighted by atomic mass is 35.5. The van der Waals surface area contributed by atoms with Crippen molar-refractivity contribution in [3.63, 3.8) is 0 Å². The molecule has 1 saturated heterocycles. The monoisotopic (exact) mass is 726 g/mol. The minimum Gasteiger partial charge on any atom is -0.324 e. The third-order valence-corrected chi connectivity index (χ3v) is 10.9. The highest BCUT2D eigenvalue weighted by Crippen LogP contribution is 2.36. The van der Waals surface area contributed by atoms with Gasteiger partial charge in [0.25, 0.3) is 5.91 Å². The number of thiophene rings is 1. The van der Waals surface area contributed by atoms with E-state index in [-0.39, 0.29) is 18.2 Å². The molecule has 13 heteroatoms. The smallest absolute Gasteiger partial charge is 0.255 e. The number of aryl methyl sites for hydroxylation is 2. The minimum absolute atomic E-state index is 0.205. The Kier molecular flexibility index (Phi) is 8.79. The summed E-state index contributed by atoms with van der Waals surface area (Å²) in [6.45, 7) is 5.42. The molecule has 11 nitrogen and oxygen atoms in total. The molecule has 6 heterocycles. The summed E-state index contributed by atoms with van der Waals surface area (Å²) in [7, 11) is 0. The number of nitrogens with zero attached hydrogens (tertiary/aromatic N) is 7. The summed E-state index contributed by atoms with van der Waals surface area (Å²) in [5.41, 5.74) is 6.86. The molecule has 0 aliphatic carbocycles. The number of aromatic nitrogens is 5. The van der Waals surface area contributed by atoms with Gasteiger partial charge >= 0.3 is 0 Å². The number of piperidine rings is 1. The van der Waals surface area contributed by atoms with E-state index in [2.05, 4.69) is 55.7 Å². The van der Waals surface area contributed by atoms with Crippen LogP contribution in [0.5, 0.6) is 0 Å². The van der Waals surface area contributed by atoms with Gasteiger partial charge in [-0.15, -0.1) is 21.5 Å². The summed E-state index contributed by atoms with van der Waals surface area (Å²) in [5, 5.41) is 12.7. The summed E-state index contributed by atoms with van der Waals surface area (Å²) in [4.78, 5) is 49.0. The summed E-state index contributed by atoms with van der Waals surface area (Å²) in [6, 6.07) is 12.6. The van der Waals surface area contributed by atoms with Crippen molar-refractivity contribution in [1.29, 1.82) is 0 Å². The fourth-order valence-corrected chi connectivity index (χ4v) is 8.18. The van der Waals surface area contributed by atoms with Crippen LogP contribution in [0.25, 0.3) is 5.00 Å². The first-order valence-electron chi connectivity index (χ1n) is 16.9. The Bertz CT molecular complexity index is 2450. The fraction of sp³-hybridized carbons (Fsp3) is 0.256. The number of aliphatic imine (C=N–C) groups is 1. The second-order valence-corrected chi connectivity index (χ2v) is 14.2. The lowest BCUT2D eigenvalue weighted by atomic mass is 10.00. The van der Waals surface area contributed by atoms with Gasteiger partial charge in [-0.05, 0) is 73.9 Å². The van der Waals surface area contributed by atoms with Gasteiger partial charge in [0.15, 0.2) is 5.82 Å². The topological polar surface area (TPSA) is 127 Å². The number of hydrogen-bond donors (Lipinski definition) is 1. The van der Waals surface area contributed by atoms with Crippen molar-refractivity contribution < 1.29 is 14.4 Å². The molecule has 8 rings (SSSR count). The fourth-order valence-electron chi connectivity index (χ4n) is 6.82. The summed E-state index contributed by atoms with van der Waals surface area (Å²) in [5.74, 6) is 13.9. The molecule has 3 aromatic heterocycles. The number of hydrogen-bond acceptors (Lipinski definition) is 8. The number of amides is 3. The second-order valence-electron chi connectivity index (χ2n) is 12.8. The zero-order valence-electron chi connectivity index (χ0n) is 28.4. The SMILES string of the molecule is Cc1c(C#Cc2cncn2CCCC#Cc2cccc3c2CN(C2CCC(=O)NC2=O)C3=O)sc2c1C(c1ccc(Cl)cc1)=NCc1nnc(C)n1-2. The lowest BCUT2D eigenvalue weighted by molar-refractivity contribution is -0.136. The van der Waals surface area contributed by atoms with Gasteiger partial charge in [0, 0.05) is 53.2 Å². The van der Waals surface area contributed by atoms with Crippen LogP contribution in [0.15, 0.2) is 60.0 Å². The van der Waals surface area contributed by atoms with Crippen molar-refractivity contribution in [3.05, 3.63) is 116 Å². The third kappa shape index (κ3) is 6.10. The van der Waals surface area contributed by atoms with E-state index >= 15 is 0 Å². The van der Waals surface area contributed by atoms with Gasteiger partial charge in [0.1, 0.15) is 29.1 Å². The minimum atomic E-state index is -0.656. The Morgan fingerprint density at radius 1 is 1.04 bits per heavy atom. The number of imide groups is 1. The number of rotatable bonds is 5. The van der Waals surface area contributed by atoms with Crippen LogP contribution < -0.4 is 5.32 Å². The van der Waals surface area contributed by atoms with E-state index in [1.165, 1.54) is 0 Å². The highest BCUT2D eigenvalue weighted by Gasteiger charge is 2.39. The molecule has 0 bridgehead atoms. The zero-order valence-corrected chi connectivity index (χ0v) is 29.9. The van der Waals surface area contributed by atoms with E-state index in [9.17, 15) is 14.4 Å². The number of carbonyl (C=O) groups is 3. The van der Waals surface area contributed by atoms with E-state index in [1.807, 2.05) is 47.9 Å². The first kappa shape index (κ1) is 33.3. The highest BCUT2D eigenvalue weighted by molar-refractivity contribution is 7.15. The predicted molar refractivity (Wildman–Crippen MR) is 196 cm³/mol. The van der Waals surface area contributed by atoms with E-state index in [4.69, 9.17) is 16.6 Å². The molecule has 1 fully saturated rings. The molecular weight excluding hydrogens is 696 g/mol. The summed E-state index contributed by atoms with van der Waals surface area (Å²) < 4.78 is 4.10. The van der Waals surface area contributed by atoms with Crippen molar-refractivity contribution in [2.45, 2.75) is 65.2 Å². The van der Waals surface area contributed by atoms with Crippen molar-refractivity contribution in [1.82, 2.24) is 34.5 Å². The van der Waals surface area contributed by atoms with Gasteiger partial charge in [0.2, 0.25) is 11.8 Å². The molecule has 3 aliphatic heterocycles. The van der Waals surface area contributed by atoms with Gasteiger partial charge in [-0.1, -0.05) is 41.6 Å². The molecule has 258 valence electrons. The van der Waals surface area contributed by atoms with Crippen LogP contribution in [0.1, 0.15) is 86.1 Å². The molecule has 52 heavy (non-hydrogen) atoms. The summed E-state index contributed by atoms with van der Waals surface area (Å²) >= 11 is 7.81. The maximum Gasteiger partial charge on any atom is 0.255 e. The average molecular weight is 727 g/mol. The molecule has 3 aliphatic rings. The van der Waals surface area contributed by atoms with Crippen LogP contribution >= 0.6 is 22.9 Å². The Hall–Kier alpha value is -5.82. The number of unbranched alkanes of at least 4 members (excludes halogenated alkanes) is 1. The summed E-state index contributed by atoms with van der Waals surface area (Å²) in [6.07, 6.45) is 5.50. The van der Waals surface area contributed by atoms with Crippen LogP contribution in [-0.2, 0) is 29.2 Å². The molecule has 1 atom stereocenters. The third-order valence-electron chi connectivity index (χ3n) is 9.48. The van der Waals surface area contributed by atoms with Crippen molar-refractivity contribution >= 4 is 46.4 Å². The van der Waals surface area contributed by atoms with Crippen LogP contribution in [0.2, 0.25) is 5.02 Å². The number of halogens is 1. The average Bonchev–Trinajstić information content (AvgIpc) is 3.88. The molecule has 1 unspecified atom stereocenters. The van der Waals surface area contributed by atoms with Gasteiger partial charge in [0.05, 0.1) is 23.1 Å². The standard InChI is InChI=1S/C39H31ClN8O3S/c1-23-32(52-39-35(23)36(26-10-12-27(40)13-11-26)42-20-33-45-44-24(2)48(33)39)16-14-28-19-41-22-46(28)18-5-3-4-7-25-8-6-9-29-30(25)21-47(38(29)51)31-15-17-34(49)43-37(31)50/h6,8-13,19,22,31H,3,5,15,17-18,20-21H2,1-2H3,(H,43,49,50). The van der Waals surface area contributed by atoms with Crippen LogP contribution in [0, 0.1) is 37.5 Å². The second kappa shape index (κ2) is 13.7. The maximum absolute atomic E-state index is 13.2. The molecule has 0 spiro atoms. The Morgan fingerprint density at radius 2 is 1.88 bits per heavy atom. The Morgan fingerprint density at radius 3 is 2.71 bits per heavy atom. The first-order chi connectivity index (χ1) is 25.3. The molecule has 5 aromatic rings. The predicted octanol–water partition coefficient (Wildman–Crippen LogP) is 5.14. The van der Waals surface area contributed by atoms with Crippen LogP contribution in [-0.4, -0.2) is 58.7 Å². The van der Waals surface area contributed by atoms with Gasteiger partial charge in [-0.2, -0.15) is 0 Å².